The Morgan fingerprint density at radius 2 is 1.90 bits per heavy atom. The van der Waals surface area contributed by atoms with Gasteiger partial charge in [-0.05, 0) is 24.1 Å². The first-order valence-corrected chi connectivity index (χ1v) is 6.72. The molecule has 0 saturated heterocycles. The van der Waals surface area contributed by atoms with Gasteiger partial charge in [0.2, 0.25) is 11.8 Å². The predicted molar refractivity (Wildman–Crippen MR) is 77.4 cm³/mol. The normalized spacial score (nSPS) is 9.95. The SMILES string of the molecule is CCCNC(=O)CN(Cc1ccc(OC)cc1)C(C)=O. The number of nitrogens with one attached hydrogen (secondary N) is 1. The molecule has 0 radical (unpaired) electrons. The van der Waals surface area contributed by atoms with Crippen LogP contribution in [0.3, 0.4) is 0 Å². The molecule has 0 aliphatic rings. The molecule has 5 nitrogen and oxygen atoms in total. The molecular weight excluding hydrogens is 256 g/mol. The van der Waals surface area contributed by atoms with Gasteiger partial charge >= 0.3 is 0 Å². The van der Waals surface area contributed by atoms with E-state index in [4.69, 9.17) is 4.74 Å². The van der Waals surface area contributed by atoms with Crippen molar-refractivity contribution in [3.05, 3.63) is 29.8 Å². The highest BCUT2D eigenvalue weighted by Gasteiger charge is 2.13. The van der Waals surface area contributed by atoms with Gasteiger partial charge in [0.1, 0.15) is 5.75 Å². The Labute approximate surface area is 119 Å². The summed E-state index contributed by atoms with van der Waals surface area (Å²) >= 11 is 0. The third kappa shape index (κ3) is 5.30. The lowest BCUT2D eigenvalue weighted by atomic mass is 10.2. The van der Waals surface area contributed by atoms with Crippen LogP contribution in [-0.4, -0.2) is 36.9 Å². The number of hydrogen-bond donors (Lipinski definition) is 1. The summed E-state index contributed by atoms with van der Waals surface area (Å²) in [6, 6.07) is 7.45. The van der Waals surface area contributed by atoms with Gasteiger partial charge in [-0.15, -0.1) is 0 Å². The van der Waals surface area contributed by atoms with Gasteiger partial charge in [0.05, 0.1) is 13.7 Å². The number of carbonyl (C=O) groups excluding carboxylic acids is 2. The fourth-order valence-corrected chi connectivity index (χ4v) is 1.72. The molecule has 0 aliphatic heterocycles. The van der Waals surface area contributed by atoms with Crippen LogP contribution in [-0.2, 0) is 16.1 Å². The highest BCUT2D eigenvalue weighted by molar-refractivity contribution is 5.83. The fraction of sp³-hybridized carbons (Fsp3) is 0.467. The second-order valence-corrected chi connectivity index (χ2v) is 4.57. The maximum atomic E-state index is 11.7. The zero-order chi connectivity index (χ0) is 15.0. The summed E-state index contributed by atoms with van der Waals surface area (Å²) in [7, 11) is 1.61. The van der Waals surface area contributed by atoms with Crippen molar-refractivity contribution in [2.45, 2.75) is 26.8 Å². The maximum Gasteiger partial charge on any atom is 0.239 e. The van der Waals surface area contributed by atoms with Crippen LogP contribution < -0.4 is 10.1 Å². The van der Waals surface area contributed by atoms with Crippen molar-refractivity contribution in [3.8, 4) is 5.75 Å². The van der Waals surface area contributed by atoms with Crippen LogP contribution >= 0.6 is 0 Å². The molecule has 1 aromatic rings. The van der Waals surface area contributed by atoms with Gasteiger partial charge in [0.15, 0.2) is 0 Å². The van der Waals surface area contributed by atoms with Crippen molar-refractivity contribution in [2.24, 2.45) is 0 Å². The minimum absolute atomic E-state index is 0.0847. The summed E-state index contributed by atoms with van der Waals surface area (Å²) in [5, 5.41) is 2.77. The molecule has 5 heteroatoms. The Morgan fingerprint density at radius 3 is 2.40 bits per heavy atom. The molecule has 0 atom stereocenters. The summed E-state index contributed by atoms with van der Waals surface area (Å²) in [5.41, 5.74) is 0.962. The Morgan fingerprint density at radius 1 is 1.25 bits per heavy atom. The van der Waals surface area contributed by atoms with E-state index >= 15 is 0 Å². The summed E-state index contributed by atoms with van der Waals surface area (Å²) < 4.78 is 5.09. The third-order valence-electron chi connectivity index (χ3n) is 2.88. The first-order chi connectivity index (χ1) is 9.56. The van der Waals surface area contributed by atoms with Crippen molar-refractivity contribution >= 4 is 11.8 Å². The number of nitrogens with zero attached hydrogens (tertiary/aromatic N) is 1. The van der Waals surface area contributed by atoms with E-state index in [1.54, 1.807) is 7.11 Å². The number of hydrogen-bond acceptors (Lipinski definition) is 3. The number of ether oxygens (including phenoxy) is 1. The van der Waals surface area contributed by atoms with Gasteiger partial charge in [-0.1, -0.05) is 19.1 Å². The first-order valence-electron chi connectivity index (χ1n) is 6.72. The molecule has 1 aromatic carbocycles. The lowest BCUT2D eigenvalue weighted by Crippen LogP contribution is -2.39. The molecule has 1 rings (SSSR count). The standard InChI is InChI=1S/C15H22N2O3/c1-4-9-16-15(19)11-17(12(2)18)10-13-5-7-14(20-3)8-6-13/h5-8H,4,9-11H2,1-3H3,(H,16,19). The van der Waals surface area contributed by atoms with Gasteiger partial charge in [0, 0.05) is 20.0 Å². The van der Waals surface area contributed by atoms with Gasteiger partial charge in [-0.25, -0.2) is 0 Å². The fourth-order valence-electron chi connectivity index (χ4n) is 1.72. The molecule has 0 bridgehead atoms. The topological polar surface area (TPSA) is 58.6 Å². The van der Waals surface area contributed by atoms with Crippen LogP contribution in [0, 0.1) is 0 Å². The molecule has 0 fully saturated rings. The van der Waals surface area contributed by atoms with Crippen LogP contribution in [0.1, 0.15) is 25.8 Å². The van der Waals surface area contributed by atoms with Gasteiger partial charge in [-0.2, -0.15) is 0 Å². The molecule has 0 spiro atoms. The summed E-state index contributed by atoms with van der Waals surface area (Å²) in [5.74, 6) is 0.520. The van der Waals surface area contributed by atoms with Crippen molar-refractivity contribution in [1.82, 2.24) is 10.2 Å². The van der Waals surface area contributed by atoms with Crippen molar-refractivity contribution in [3.63, 3.8) is 0 Å². The molecule has 0 unspecified atom stereocenters. The molecule has 2 amide bonds. The maximum absolute atomic E-state index is 11.7. The van der Waals surface area contributed by atoms with Gasteiger partial charge in [0.25, 0.3) is 0 Å². The minimum atomic E-state index is -0.129. The van der Waals surface area contributed by atoms with E-state index in [0.29, 0.717) is 13.1 Å². The summed E-state index contributed by atoms with van der Waals surface area (Å²) in [6.07, 6.45) is 0.879. The van der Waals surface area contributed by atoms with Crippen molar-refractivity contribution < 1.29 is 14.3 Å². The average molecular weight is 278 g/mol. The minimum Gasteiger partial charge on any atom is -0.497 e. The predicted octanol–water partition coefficient (Wildman–Crippen LogP) is 1.57. The first kappa shape index (κ1) is 16.0. The van der Waals surface area contributed by atoms with Crippen molar-refractivity contribution in [2.75, 3.05) is 20.2 Å². The Balaban J connectivity index is 2.62. The highest BCUT2D eigenvalue weighted by atomic mass is 16.5. The molecular formula is C15H22N2O3. The van der Waals surface area contributed by atoms with E-state index in [1.807, 2.05) is 31.2 Å². The molecule has 0 aliphatic carbocycles. The number of benzene rings is 1. The lowest BCUT2D eigenvalue weighted by molar-refractivity contribution is -0.134. The summed E-state index contributed by atoms with van der Waals surface area (Å²) in [4.78, 5) is 24.8. The number of amides is 2. The van der Waals surface area contributed by atoms with Gasteiger partial charge < -0.3 is 15.0 Å². The van der Waals surface area contributed by atoms with E-state index in [-0.39, 0.29) is 18.4 Å². The molecule has 0 saturated carbocycles. The number of carbonyl (C=O) groups is 2. The zero-order valence-electron chi connectivity index (χ0n) is 12.3. The van der Waals surface area contributed by atoms with E-state index in [2.05, 4.69) is 5.32 Å². The van der Waals surface area contributed by atoms with Crippen LogP contribution in [0.25, 0.3) is 0 Å². The van der Waals surface area contributed by atoms with Crippen LogP contribution in [0.2, 0.25) is 0 Å². The highest BCUT2D eigenvalue weighted by Crippen LogP contribution is 2.13. The van der Waals surface area contributed by atoms with Crippen molar-refractivity contribution in [1.29, 1.82) is 0 Å². The monoisotopic (exact) mass is 278 g/mol. The second kappa shape index (κ2) is 8.19. The number of rotatable bonds is 7. The van der Waals surface area contributed by atoms with Crippen LogP contribution in [0.15, 0.2) is 24.3 Å². The molecule has 1 N–H and O–H groups in total. The Kier molecular flexibility index (Phi) is 6.56. The molecule has 0 heterocycles. The third-order valence-corrected chi connectivity index (χ3v) is 2.88. The Hall–Kier alpha value is -2.04. The zero-order valence-corrected chi connectivity index (χ0v) is 12.3. The van der Waals surface area contributed by atoms with E-state index in [0.717, 1.165) is 17.7 Å². The molecule has 0 aromatic heterocycles. The van der Waals surface area contributed by atoms with Crippen LogP contribution in [0.5, 0.6) is 5.75 Å². The summed E-state index contributed by atoms with van der Waals surface area (Å²) in [6.45, 7) is 4.59. The van der Waals surface area contributed by atoms with E-state index in [9.17, 15) is 9.59 Å². The van der Waals surface area contributed by atoms with E-state index < -0.39 is 0 Å². The quantitative estimate of drug-likeness (QED) is 0.823. The lowest BCUT2D eigenvalue weighted by Gasteiger charge is -2.20. The largest absolute Gasteiger partial charge is 0.497 e. The second-order valence-electron chi connectivity index (χ2n) is 4.57. The molecule has 20 heavy (non-hydrogen) atoms. The van der Waals surface area contributed by atoms with E-state index in [1.165, 1.54) is 11.8 Å². The van der Waals surface area contributed by atoms with Crippen LogP contribution in [0.4, 0.5) is 0 Å². The Bertz CT molecular complexity index is 443. The number of methoxy groups -OCH3 is 1. The smallest absolute Gasteiger partial charge is 0.239 e. The van der Waals surface area contributed by atoms with Gasteiger partial charge in [-0.3, -0.25) is 9.59 Å². The average Bonchev–Trinajstić information content (AvgIpc) is 2.45. The molecule has 110 valence electrons.